The number of sulfonamides is 1. The number of carbonyl (C=O) groups is 1. The molecule has 0 amide bonds. The highest BCUT2D eigenvalue weighted by atomic mass is 32.2. The van der Waals surface area contributed by atoms with Gasteiger partial charge in [-0.15, -0.1) is 0 Å². The van der Waals surface area contributed by atoms with Crippen LogP contribution in [0.5, 0.6) is 5.75 Å². The first-order valence-corrected chi connectivity index (χ1v) is 8.62. The molecule has 6 nitrogen and oxygen atoms in total. The normalized spacial score (nSPS) is 13.4. The minimum Gasteiger partial charge on any atom is -0.491 e. The van der Waals surface area contributed by atoms with Crippen molar-refractivity contribution in [3.63, 3.8) is 0 Å². The fraction of sp³-hybridized carbons (Fsp3) is 0.533. The summed E-state index contributed by atoms with van der Waals surface area (Å²) in [7, 11) is -3.88. The van der Waals surface area contributed by atoms with Crippen molar-refractivity contribution in [2.45, 2.75) is 51.2 Å². The van der Waals surface area contributed by atoms with Crippen molar-refractivity contribution in [1.82, 2.24) is 4.72 Å². The van der Waals surface area contributed by atoms with Crippen molar-refractivity contribution in [3.05, 3.63) is 24.3 Å². The maximum Gasteiger partial charge on any atom is 0.321 e. The number of hydrogen-bond donors (Lipinski definition) is 2. The summed E-state index contributed by atoms with van der Waals surface area (Å²) in [4.78, 5) is 11.2. The summed E-state index contributed by atoms with van der Waals surface area (Å²) < 4.78 is 32.2. The molecule has 1 unspecified atom stereocenters. The molecule has 1 rings (SSSR count). The first-order chi connectivity index (χ1) is 10.1. The van der Waals surface area contributed by atoms with Crippen LogP contribution < -0.4 is 9.46 Å². The number of aliphatic carboxylic acids is 1. The third-order valence-electron chi connectivity index (χ3n) is 2.81. The molecule has 0 radical (unpaired) electrons. The Morgan fingerprint density at radius 1 is 1.18 bits per heavy atom. The van der Waals surface area contributed by atoms with Crippen LogP contribution >= 0.6 is 0 Å². The molecule has 0 aliphatic heterocycles. The second-order valence-electron chi connectivity index (χ2n) is 5.78. The number of ether oxygens (including phenoxy) is 1. The largest absolute Gasteiger partial charge is 0.491 e. The van der Waals surface area contributed by atoms with Crippen molar-refractivity contribution >= 4 is 16.0 Å². The van der Waals surface area contributed by atoms with Gasteiger partial charge in [-0.2, -0.15) is 4.72 Å². The molecule has 0 bridgehead atoms. The smallest absolute Gasteiger partial charge is 0.321 e. The minimum atomic E-state index is -3.88. The summed E-state index contributed by atoms with van der Waals surface area (Å²) in [6.07, 6.45) is 0.214. The summed E-state index contributed by atoms with van der Waals surface area (Å²) in [6, 6.07) is 4.75. The fourth-order valence-corrected chi connectivity index (χ4v) is 3.10. The van der Waals surface area contributed by atoms with E-state index in [9.17, 15) is 13.2 Å². The molecule has 0 fully saturated rings. The molecule has 0 aliphatic carbocycles. The molecule has 0 saturated heterocycles. The lowest BCUT2D eigenvalue weighted by Crippen LogP contribution is -2.41. The van der Waals surface area contributed by atoms with E-state index >= 15 is 0 Å². The molecule has 1 aromatic carbocycles. The highest BCUT2D eigenvalue weighted by Crippen LogP contribution is 2.18. The molecule has 0 heterocycles. The molecule has 0 aliphatic rings. The second kappa shape index (κ2) is 7.60. The second-order valence-corrected chi connectivity index (χ2v) is 7.49. The zero-order valence-corrected chi connectivity index (χ0v) is 14.1. The minimum absolute atomic E-state index is 0.0111. The maximum atomic E-state index is 12.2. The Hall–Kier alpha value is -1.60. The summed E-state index contributed by atoms with van der Waals surface area (Å²) >= 11 is 0. The quantitative estimate of drug-likeness (QED) is 0.763. The maximum absolute atomic E-state index is 12.2. The third kappa shape index (κ3) is 5.65. The van der Waals surface area contributed by atoms with E-state index in [4.69, 9.17) is 9.84 Å². The zero-order valence-electron chi connectivity index (χ0n) is 13.2. The van der Waals surface area contributed by atoms with Gasteiger partial charge in [0.05, 0.1) is 11.0 Å². The Bertz CT molecular complexity index is 593. The average Bonchev–Trinajstić information content (AvgIpc) is 2.36. The lowest BCUT2D eigenvalue weighted by Gasteiger charge is -2.17. The number of nitrogens with one attached hydrogen (secondary N) is 1. The van der Waals surface area contributed by atoms with Gasteiger partial charge in [-0.3, -0.25) is 4.79 Å². The van der Waals surface area contributed by atoms with Crippen molar-refractivity contribution in [2.75, 3.05) is 0 Å². The lowest BCUT2D eigenvalue weighted by molar-refractivity contribution is -0.139. The standard InChI is InChI=1S/C15H23NO5S/c1-10(2)9-14(15(17)18)16-22(19,20)13-7-5-12(6-8-13)21-11(3)4/h5-8,10-11,14,16H,9H2,1-4H3,(H,17,18). The number of rotatable bonds is 8. The van der Waals surface area contributed by atoms with E-state index in [-0.39, 0.29) is 23.3 Å². The van der Waals surface area contributed by atoms with E-state index in [0.29, 0.717) is 5.75 Å². The van der Waals surface area contributed by atoms with Crippen LogP contribution in [0.15, 0.2) is 29.2 Å². The van der Waals surface area contributed by atoms with Crippen LogP contribution in [0.2, 0.25) is 0 Å². The van der Waals surface area contributed by atoms with E-state index in [1.165, 1.54) is 12.1 Å². The van der Waals surface area contributed by atoms with Crippen LogP contribution in [0.3, 0.4) is 0 Å². The summed E-state index contributed by atoms with van der Waals surface area (Å²) in [5.74, 6) is -0.562. The van der Waals surface area contributed by atoms with Gasteiger partial charge in [0.1, 0.15) is 11.8 Å². The van der Waals surface area contributed by atoms with E-state index in [1.54, 1.807) is 12.1 Å². The Labute approximate surface area is 131 Å². The van der Waals surface area contributed by atoms with E-state index < -0.39 is 22.0 Å². The van der Waals surface area contributed by atoms with Gasteiger partial charge < -0.3 is 9.84 Å². The van der Waals surface area contributed by atoms with Crippen LogP contribution in [0, 0.1) is 5.92 Å². The number of benzene rings is 1. The van der Waals surface area contributed by atoms with E-state index in [1.807, 2.05) is 27.7 Å². The molecular weight excluding hydrogens is 306 g/mol. The predicted molar refractivity (Wildman–Crippen MR) is 83.4 cm³/mol. The molecule has 2 N–H and O–H groups in total. The molecule has 0 spiro atoms. The van der Waals surface area contributed by atoms with Gasteiger partial charge in [-0.05, 0) is 50.5 Å². The van der Waals surface area contributed by atoms with Crippen LogP contribution in [-0.4, -0.2) is 31.6 Å². The van der Waals surface area contributed by atoms with Crippen molar-refractivity contribution in [1.29, 1.82) is 0 Å². The molecular formula is C15H23NO5S. The van der Waals surface area contributed by atoms with Crippen LogP contribution in [0.1, 0.15) is 34.1 Å². The van der Waals surface area contributed by atoms with Gasteiger partial charge in [0.15, 0.2) is 0 Å². The number of carboxylic acids is 1. The molecule has 124 valence electrons. The predicted octanol–water partition coefficient (Wildman–Crippen LogP) is 2.25. The summed E-state index contributed by atoms with van der Waals surface area (Å²) in [5.41, 5.74) is 0. The monoisotopic (exact) mass is 329 g/mol. The van der Waals surface area contributed by atoms with Crippen LogP contribution in [0.4, 0.5) is 0 Å². The number of carboxylic acid groups (broad SMARTS) is 1. The van der Waals surface area contributed by atoms with Gasteiger partial charge in [-0.1, -0.05) is 13.8 Å². The van der Waals surface area contributed by atoms with E-state index in [2.05, 4.69) is 4.72 Å². The summed E-state index contributed by atoms with van der Waals surface area (Å²) in [6.45, 7) is 7.41. The Morgan fingerprint density at radius 2 is 1.73 bits per heavy atom. The van der Waals surface area contributed by atoms with Gasteiger partial charge in [0, 0.05) is 0 Å². The van der Waals surface area contributed by atoms with Gasteiger partial charge in [0.25, 0.3) is 0 Å². The van der Waals surface area contributed by atoms with Crippen LogP contribution in [-0.2, 0) is 14.8 Å². The Kier molecular flexibility index (Phi) is 6.37. The Morgan fingerprint density at radius 3 is 2.14 bits per heavy atom. The van der Waals surface area contributed by atoms with E-state index in [0.717, 1.165) is 0 Å². The van der Waals surface area contributed by atoms with Gasteiger partial charge in [0.2, 0.25) is 10.0 Å². The first-order valence-electron chi connectivity index (χ1n) is 7.13. The molecule has 22 heavy (non-hydrogen) atoms. The SMILES string of the molecule is CC(C)CC(NS(=O)(=O)c1ccc(OC(C)C)cc1)C(=O)O. The summed E-state index contributed by atoms with van der Waals surface area (Å²) in [5, 5.41) is 9.13. The average molecular weight is 329 g/mol. The molecule has 7 heteroatoms. The lowest BCUT2D eigenvalue weighted by atomic mass is 10.1. The van der Waals surface area contributed by atoms with Gasteiger partial charge in [-0.25, -0.2) is 8.42 Å². The number of hydrogen-bond acceptors (Lipinski definition) is 4. The first kappa shape index (κ1) is 18.4. The Balaban J connectivity index is 2.91. The van der Waals surface area contributed by atoms with Crippen LogP contribution in [0.25, 0.3) is 0 Å². The van der Waals surface area contributed by atoms with Gasteiger partial charge >= 0.3 is 5.97 Å². The fourth-order valence-electron chi connectivity index (χ4n) is 1.90. The highest BCUT2D eigenvalue weighted by Gasteiger charge is 2.26. The third-order valence-corrected chi connectivity index (χ3v) is 4.30. The molecule has 1 aromatic rings. The molecule has 1 atom stereocenters. The molecule has 0 aromatic heterocycles. The topological polar surface area (TPSA) is 92.7 Å². The highest BCUT2D eigenvalue weighted by molar-refractivity contribution is 7.89. The molecule has 0 saturated carbocycles. The van der Waals surface area contributed by atoms with Crippen molar-refractivity contribution in [2.24, 2.45) is 5.92 Å². The zero-order chi connectivity index (χ0) is 16.9. The van der Waals surface area contributed by atoms with Crippen molar-refractivity contribution < 1.29 is 23.1 Å². The van der Waals surface area contributed by atoms with Crippen molar-refractivity contribution in [3.8, 4) is 5.75 Å².